The number of benzene rings is 1. The molecule has 1 aliphatic rings. The summed E-state index contributed by atoms with van der Waals surface area (Å²) in [5, 5.41) is 9.19. The number of aromatic carboxylic acids is 1. The molecule has 0 aliphatic carbocycles. The summed E-state index contributed by atoms with van der Waals surface area (Å²) in [7, 11) is -3.82. The molecule has 8 heteroatoms. The quantitative estimate of drug-likeness (QED) is 0.775. The van der Waals surface area contributed by atoms with Crippen molar-refractivity contribution in [2.24, 2.45) is 0 Å². The second-order valence-corrected chi connectivity index (χ2v) is 6.81. The summed E-state index contributed by atoms with van der Waals surface area (Å²) in [6.45, 7) is 4.90. The van der Waals surface area contributed by atoms with Crippen LogP contribution in [0.3, 0.4) is 0 Å². The van der Waals surface area contributed by atoms with Gasteiger partial charge in [-0.3, -0.25) is 0 Å². The number of hydrogen-bond donors (Lipinski definition) is 2. The van der Waals surface area contributed by atoms with E-state index in [4.69, 9.17) is 5.73 Å². The van der Waals surface area contributed by atoms with Gasteiger partial charge in [-0.25, -0.2) is 13.2 Å². The molecule has 0 atom stereocenters. The summed E-state index contributed by atoms with van der Waals surface area (Å²) >= 11 is 0. The van der Waals surface area contributed by atoms with Gasteiger partial charge in [-0.2, -0.15) is 4.31 Å². The first-order chi connectivity index (χ1) is 9.86. The number of piperazine rings is 1. The molecule has 0 saturated carbocycles. The Kier molecular flexibility index (Phi) is 4.50. The molecular weight excluding hydrogens is 294 g/mol. The number of carboxylic acid groups (broad SMARTS) is 1. The SMILES string of the molecule is CCN1CCN(S(=O)(=O)c2ccc(N)cc2C(=O)O)CC1. The summed E-state index contributed by atoms with van der Waals surface area (Å²) in [6, 6.07) is 3.85. The first kappa shape index (κ1) is 15.7. The van der Waals surface area contributed by atoms with Gasteiger partial charge < -0.3 is 15.7 Å². The topological polar surface area (TPSA) is 104 Å². The number of sulfonamides is 1. The smallest absolute Gasteiger partial charge is 0.337 e. The van der Waals surface area contributed by atoms with Crippen molar-refractivity contribution in [1.29, 1.82) is 0 Å². The number of hydrogen-bond acceptors (Lipinski definition) is 5. The Morgan fingerprint density at radius 2 is 1.90 bits per heavy atom. The Morgan fingerprint density at radius 3 is 2.43 bits per heavy atom. The van der Waals surface area contributed by atoms with Gasteiger partial charge in [0.25, 0.3) is 0 Å². The number of rotatable bonds is 4. The molecule has 0 spiro atoms. The molecular formula is C13H19N3O4S. The van der Waals surface area contributed by atoms with Crippen LogP contribution in [0.15, 0.2) is 23.1 Å². The lowest BCUT2D eigenvalue weighted by atomic mass is 10.2. The van der Waals surface area contributed by atoms with Gasteiger partial charge in [0.1, 0.15) is 0 Å². The molecule has 1 saturated heterocycles. The third-order valence-corrected chi connectivity index (χ3v) is 5.59. The molecule has 116 valence electrons. The van der Waals surface area contributed by atoms with Gasteiger partial charge >= 0.3 is 5.97 Å². The van der Waals surface area contributed by atoms with E-state index in [0.29, 0.717) is 26.2 Å². The van der Waals surface area contributed by atoms with E-state index >= 15 is 0 Å². The van der Waals surface area contributed by atoms with Crippen molar-refractivity contribution in [3.05, 3.63) is 23.8 Å². The van der Waals surface area contributed by atoms with E-state index in [-0.39, 0.29) is 16.1 Å². The molecule has 0 radical (unpaired) electrons. The van der Waals surface area contributed by atoms with Gasteiger partial charge in [-0.1, -0.05) is 6.92 Å². The molecule has 21 heavy (non-hydrogen) atoms. The van der Waals surface area contributed by atoms with E-state index in [1.807, 2.05) is 6.92 Å². The summed E-state index contributed by atoms with van der Waals surface area (Å²) < 4.78 is 26.6. The lowest BCUT2D eigenvalue weighted by Crippen LogP contribution is -2.48. The van der Waals surface area contributed by atoms with Crippen molar-refractivity contribution >= 4 is 21.7 Å². The highest BCUT2D eigenvalue weighted by Gasteiger charge is 2.31. The van der Waals surface area contributed by atoms with Crippen LogP contribution in [0, 0.1) is 0 Å². The lowest BCUT2D eigenvalue weighted by molar-refractivity contribution is 0.0692. The highest BCUT2D eigenvalue weighted by Crippen LogP contribution is 2.23. The summed E-state index contributed by atoms with van der Waals surface area (Å²) in [5.74, 6) is -1.30. The minimum absolute atomic E-state index is 0.200. The first-order valence-electron chi connectivity index (χ1n) is 6.71. The summed E-state index contributed by atoms with van der Waals surface area (Å²) in [6.07, 6.45) is 0. The van der Waals surface area contributed by atoms with E-state index in [0.717, 1.165) is 6.54 Å². The number of carbonyl (C=O) groups is 1. The van der Waals surface area contributed by atoms with E-state index in [1.165, 1.54) is 22.5 Å². The van der Waals surface area contributed by atoms with Crippen molar-refractivity contribution in [2.45, 2.75) is 11.8 Å². The zero-order valence-electron chi connectivity index (χ0n) is 11.8. The fourth-order valence-corrected chi connectivity index (χ4v) is 3.95. The molecule has 0 amide bonds. The molecule has 1 fully saturated rings. The predicted octanol–water partition coefficient (Wildman–Crippen LogP) is 0.293. The third-order valence-electron chi connectivity index (χ3n) is 3.63. The number of carboxylic acids is 1. The Bertz CT molecular complexity index is 637. The molecule has 2 rings (SSSR count). The van der Waals surface area contributed by atoms with Crippen molar-refractivity contribution < 1.29 is 18.3 Å². The van der Waals surface area contributed by atoms with Crippen LogP contribution in [0.2, 0.25) is 0 Å². The van der Waals surface area contributed by atoms with Crippen LogP contribution in [0.1, 0.15) is 17.3 Å². The lowest BCUT2D eigenvalue weighted by Gasteiger charge is -2.33. The van der Waals surface area contributed by atoms with Crippen molar-refractivity contribution in [3.63, 3.8) is 0 Å². The second kappa shape index (κ2) is 6.00. The maximum Gasteiger partial charge on any atom is 0.337 e. The molecule has 1 aromatic rings. The fourth-order valence-electron chi connectivity index (χ4n) is 2.36. The minimum atomic E-state index is -3.82. The van der Waals surface area contributed by atoms with Crippen LogP contribution >= 0.6 is 0 Å². The standard InChI is InChI=1S/C13H19N3O4S/c1-2-15-5-7-16(8-6-15)21(19,20)12-4-3-10(14)9-11(12)13(17)18/h3-4,9H,2,5-8,14H2,1H3,(H,17,18). The van der Waals surface area contributed by atoms with Crippen LogP contribution in [0.25, 0.3) is 0 Å². The van der Waals surface area contributed by atoms with Gasteiger partial charge in [0, 0.05) is 31.9 Å². The Morgan fingerprint density at radius 1 is 1.29 bits per heavy atom. The maximum absolute atomic E-state index is 12.6. The van der Waals surface area contributed by atoms with Gasteiger partial charge in [-0.05, 0) is 24.7 Å². The van der Waals surface area contributed by atoms with Crippen molar-refractivity contribution in [1.82, 2.24) is 9.21 Å². The number of likely N-dealkylation sites (N-methyl/N-ethyl adjacent to an activating group) is 1. The predicted molar refractivity (Wildman–Crippen MR) is 78.7 cm³/mol. The zero-order valence-corrected chi connectivity index (χ0v) is 12.6. The van der Waals surface area contributed by atoms with E-state index in [2.05, 4.69) is 4.90 Å². The van der Waals surface area contributed by atoms with E-state index < -0.39 is 16.0 Å². The number of nitrogens with two attached hydrogens (primary N) is 1. The Labute approximate surface area is 124 Å². The van der Waals surface area contributed by atoms with E-state index in [9.17, 15) is 18.3 Å². The van der Waals surface area contributed by atoms with Crippen molar-refractivity contribution in [2.75, 3.05) is 38.5 Å². The van der Waals surface area contributed by atoms with Crippen LogP contribution in [0.4, 0.5) is 5.69 Å². The second-order valence-electron chi connectivity index (χ2n) is 4.90. The van der Waals surface area contributed by atoms with Crippen molar-refractivity contribution in [3.8, 4) is 0 Å². The molecule has 3 N–H and O–H groups in total. The Balaban J connectivity index is 2.34. The molecule has 0 unspecified atom stereocenters. The third kappa shape index (κ3) is 3.17. The van der Waals surface area contributed by atoms with Crippen LogP contribution in [-0.2, 0) is 10.0 Å². The van der Waals surface area contributed by atoms with Crippen LogP contribution < -0.4 is 5.73 Å². The molecule has 0 bridgehead atoms. The Hall–Kier alpha value is -1.64. The number of anilines is 1. The monoisotopic (exact) mass is 313 g/mol. The first-order valence-corrected chi connectivity index (χ1v) is 8.15. The van der Waals surface area contributed by atoms with Gasteiger partial charge in [-0.15, -0.1) is 0 Å². The van der Waals surface area contributed by atoms with Gasteiger partial charge in [0.05, 0.1) is 10.5 Å². The van der Waals surface area contributed by atoms with Crippen LogP contribution in [-0.4, -0.2) is 61.4 Å². The average Bonchev–Trinajstić information content (AvgIpc) is 2.47. The number of nitrogen functional groups attached to an aromatic ring is 1. The minimum Gasteiger partial charge on any atom is -0.478 e. The highest BCUT2D eigenvalue weighted by molar-refractivity contribution is 7.89. The normalized spacial score (nSPS) is 17.8. The maximum atomic E-state index is 12.6. The molecule has 1 aromatic carbocycles. The van der Waals surface area contributed by atoms with Crippen LogP contribution in [0.5, 0.6) is 0 Å². The largest absolute Gasteiger partial charge is 0.478 e. The van der Waals surface area contributed by atoms with E-state index in [1.54, 1.807) is 0 Å². The molecule has 7 nitrogen and oxygen atoms in total. The summed E-state index contributed by atoms with van der Waals surface area (Å²) in [5.41, 5.74) is 5.48. The molecule has 0 aromatic heterocycles. The molecule has 1 heterocycles. The summed E-state index contributed by atoms with van der Waals surface area (Å²) in [4.78, 5) is 13.2. The highest BCUT2D eigenvalue weighted by atomic mass is 32.2. The van der Waals surface area contributed by atoms with Gasteiger partial charge in [0.15, 0.2) is 0 Å². The molecule has 1 aliphatic heterocycles. The fraction of sp³-hybridized carbons (Fsp3) is 0.462. The number of nitrogens with zero attached hydrogens (tertiary/aromatic N) is 2. The average molecular weight is 313 g/mol. The van der Waals surface area contributed by atoms with Gasteiger partial charge in [0.2, 0.25) is 10.0 Å². The zero-order chi connectivity index (χ0) is 15.6.